The van der Waals surface area contributed by atoms with Crippen LogP contribution in [0.5, 0.6) is 0 Å². The molecule has 3 aromatic rings. The molecule has 2 aromatic carbocycles. The lowest BCUT2D eigenvalue weighted by atomic mass is 10.1. The van der Waals surface area contributed by atoms with E-state index in [0.29, 0.717) is 22.5 Å². The second-order valence-corrected chi connectivity index (χ2v) is 6.83. The molecule has 0 aliphatic rings. The molecule has 0 aliphatic carbocycles. The van der Waals surface area contributed by atoms with Crippen molar-refractivity contribution < 1.29 is 23.9 Å². The highest BCUT2D eigenvalue weighted by Crippen LogP contribution is 2.17. The van der Waals surface area contributed by atoms with E-state index in [2.05, 4.69) is 9.73 Å². The van der Waals surface area contributed by atoms with Crippen LogP contribution < -0.4 is 4.80 Å². The van der Waals surface area contributed by atoms with Crippen molar-refractivity contribution in [3.8, 4) is 0 Å². The number of fused-ring (bicyclic) bond motifs is 1. The predicted octanol–water partition coefficient (Wildman–Crippen LogP) is 2.79. The summed E-state index contributed by atoms with van der Waals surface area (Å²) in [6.45, 7) is 0.351. The molecule has 28 heavy (non-hydrogen) atoms. The minimum absolute atomic E-state index is 0.173. The van der Waals surface area contributed by atoms with Gasteiger partial charge in [-0.25, -0.2) is 4.79 Å². The molecule has 144 valence electrons. The van der Waals surface area contributed by atoms with Crippen LogP contribution in [-0.4, -0.2) is 36.6 Å². The van der Waals surface area contributed by atoms with Crippen molar-refractivity contribution in [2.75, 3.05) is 14.2 Å². The van der Waals surface area contributed by atoms with Crippen molar-refractivity contribution in [2.24, 2.45) is 4.99 Å². The Bertz CT molecular complexity index is 1100. The number of hydrogen-bond acceptors (Lipinski definition) is 6. The third-order valence-electron chi connectivity index (χ3n) is 4.11. The number of hydrogen-bond donors (Lipinski definition) is 0. The van der Waals surface area contributed by atoms with Crippen molar-refractivity contribution in [2.45, 2.75) is 13.0 Å². The van der Waals surface area contributed by atoms with Crippen molar-refractivity contribution in [3.63, 3.8) is 0 Å². The zero-order valence-corrected chi connectivity index (χ0v) is 16.2. The fourth-order valence-electron chi connectivity index (χ4n) is 2.65. The predicted molar refractivity (Wildman–Crippen MR) is 104 cm³/mol. The maximum absolute atomic E-state index is 12.6. The van der Waals surface area contributed by atoms with Crippen LogP contribution in [0.25, 0.3) is 10.2 Å². The van der Waals surface area contributed by atoms with Gasteiger partial charge in [-0.1, -0.05) is 23.5 Å². The van der Waals surface area contributed by atoms with Gasteiger partial charge in [0.05, 0.1) is 36.4 Å². The monoisotopic (exact) mass is 398 g/mol. The highest BCUT2D eigenvalue weighted by Gasteiger charge is 2.12. The van der Waals surface area contributed by atoms with Crippen LogP contribution in [0.4, 0.5) is 0 Å². The number of benzene rings is 2. The Hall–Kier alpha value is -3.26. The summed E-state index contributed by atoms with van der Waals surface area (Å²) >= 11 is 1.37. The van der Waals surface area contributed by atoms with Gasteiger partial charge in [0.2, 0.25) is 0 Å². The van der Waals surface area contributed by atoms with E-state index >= 15 is 0 Å². The maximum Gasteiger partial charge on any atom is 0.337 e. The summed E-state index contributed by atoms with van der Waals surface area (Å²) < 4.78 is 12.1. The van der Waals surface area contributed by atoms with Gasteiger partial charge < -0.3 is 14.0 Å². The molecule has 1 aromatic heterocycles. The first-order valence-electron chi connectivity index (χ1n) is 8.46. The summed E-state index contributed by atoms with van der Waals surface area (Å²) in [4.78, 5) is 40.4. The lowest BCUT2D eigenvalue weighted by Gasteiger charge is -2.04. The van der Waals surface area contributed by atoms with Gasteiger partial charge in [-0.3, -0.25) is 9.59 Å². The van der Waals surface area contributed by atoms with E-state index in [1.807, 2.05) is 28.8 Å². The van der Waals surface area contributed by atoms with E-state index in [4.69, 9.17) is 4.74 Å². The number of para-hydroxylation sites is 1. The second kappa shape index (κ2) is 8.62. The van der Waals surface area contributed by atoms with Gasteiger partial charge in [0.25, 0.3) is 5.91 Å². The van der Waals surface area contributed by atoms with E-state index in [0.717, 1.165) is 10.2 Å². The van der Waals surface area contributed by atoms with E-state index in [9.17, 15) is 14.4 Å². The van der Waals surface area contributed by atoms with Crippen LogP contribution in [0, 0.1) is 0 Å². The van der Waals surface area contributed by atoms with Crippen molar-refractivity contribution >= 4 is 39.4 Å². The van der Waals surface area contributed by atoms with Crippen molar-refractivity contribution in [1.82, 2.24) is 4.57 Å². The van der Waals surface area contributed by atoms with Crippen LogP contribution in [0.1, 0.15) is 27.1 Å². The van der Waals surface area contributed by atoms with Crippen LogP contribution in [0.3, 0.4) is 0 Å². The molecule has 1 amide bonds. The third-order valence-corrected chi connectivity index (χ3v) is 5.16. The average Bonchev–Trinajstić information content (AvgIpc) is 3.08. The minimum Gasteiger partial charge on any atom is -0.469 e. The molecule has 7 nitrogen and oxygen atoms in total. The molecule has 0 spiro atoms. The van der Waals surface area contributed by atoms with Gasteiger partial charge in [0.1, 0.15) is 0 Å². The number of methoxy groups -OCH3 is 2. The Balaban J connectivity index is 1.97. The molecule has 0 aliphatic heterocycles. The number of aryl methyl sites for hydroxylation is 1. The lowest BCUT2D eigenvalue weighted by Crippen LogP contribution is -2.19. The van der Waals surface area contributed by atoms with Gasteiger partial charge in [-0.05, 0) is 36.4 Å². The number of ether oxygens (including phenoxy) is 2. The zero-order valence-electron chi connectivity index (χ0n) is 15.4. The molecule has 0 saturated carbocycles. The largest absolute Gasteiger partial charge is 0.469 e. The Morgan fingerprint density at radius 1 is 0.964 bits per heavy atom. The molecular weight excluding hydrogens is 380 g/mol. The number of carbonyl (C=O) groups is 3. The van der Waals surface area contributed by atoms with Crippen LogP contribution >= 0.6 is 11.3 Å². The van der Waals surface area contributed by atoms with Gasteiger partial charge >= 0.3 is 11.9 Å². The van der Waals surface area contributed by atoms with Crippen molar-refractivity contribution in [3.05, 3.63) is 64.5 Å². The lowest BCUT2D eigenvalue weighted by molar-refractivity contribution is -0.140. The van der Waals surface area contributed by atoms with E-state index < -0.39 is 11.9 Å². The van der Waals surface area contributed by atoms with E-state index in [1.165, 1.54) is 49.8 Å². The first kappa shape index (κ1) is 19.5. The maximum atomic E-state index is 12.6. The Kier molecular flexibility index (Phi) is 6.00. The van der Waals surface area contributed by atoms with Gasteiger partial charge in [-0.15, -0.1) is 0 Å². The fraction of sp³-hybridized carbons (Fsp3) is 0.200. The van der Waals surface area contributed by atoms with Crippen LogP contribution in [0.2, 0.25) is 0 Å². The standard InChI is InChI=1S/C20H18N2O5S/c1-26-17(23)11-12-22-15-5-3-4-6-16(15)28-20(22)21-18(24)13-7-9-14(10-8-13)19(25)27-2/h3-10H,11-12H2,1-2H3. The van der Waals surface area contributed by atoms with Crippen LogP contribution in [0.15, 0.2) is 53.5 Å². The number of thiazole rings is 1. The molecule has 0 saturated heterocycles. The fourth-order valence-corrected chi connectivity index (χ4v) is 3.70. The molecule has 0 bridgehead atoms. The highest BCUT2D eigenvalue weighted by atomic mass is 32.1. The molecule has 0 unspecified atom stereocenters. The summed E-state index contributed by atoms with van der Waals surface area (Å²) in [5, 5.41) is 0. The smallest absolute Gasteiger partial charge is 0.337 e. The summed E-state index contributed by atoms with van der Waals surface area (Å²) in [6.07, 6.45) is 0.173. The van der Waals surface area contributed by atoms with Gasteiger partial charge in [0, 0.05) is 12.1 Å². The van der Waals surface area contributed by atoms with E-state index in [1.54, 1.807) is 0 Å². The number of amides is 1. The molecular formula is C20H18N2O5S. The van der Waals surface area contributed by atoms with Crippen LogP contribution in [-0.2, 0) is 20.8 Å². The molecule has 8 heteroatoms. The third kappa shape index (κ3) is 4.17. The number of rotatable bonds is 5. The van der Waals surface area contributed by atoms with E-state index in [-0.39, 0.29) is 12.4 Å². The Morgan fingerprint density at radius 3 is 2.32 bits per heavy atom. The summed E-state index contributed by atoms with van der Waals surface area (Å²) in [5.74, 6) is -1.24. The van der Waals surface area contributed by atoms with Gasteiger partial charge in [-0.2, -0.15) is 4.99 Å². The summed E-state index contributed by atoms with van der Waals surface area (Å²) in [6, 6.07) is 13.7. The first-order valence-corrected chi connectivity index (χ1v) is 9.27. The normalized spacial score (nSPS) is 11.4. The summed E-state index contributed by atoms with van der Waals surface area (Å²) in [5.41, 5.74) is 1.60. The number of nitrogens with zero attached hydrogens (tertiary/aromatic N) is 2. The SMILES string of the molecule is COC(=O)CCn1c(=NC(=O)c2ccc(C(=O)OC)cc2)sc2ccccc21. The molecule has 3 rings (SSSR count). The molecule has 0 atom stereocenters. The molecule has 0 radical (unpaired) electrons. The molecule has 1 heterocycles. The Labute approximate surface area is 164 Å². The average molecular weight is 398 g/mol. The zero-order chi connectivity index (χ0) is 20.1. The highest BCUT2D eigenvalue weighted by molar-refractivity contribution is 7.16. The number of carbonyl (C=O) groups excluding carboxylic acids is 3. The topological polar surface area (TPSA) is 87.0 Å². The molecule has 0 N–H and O–H groups in total. The first-order chi connectivity index (χ1) is 13.5. The number of esters is 2. The number of aromatic nitrogens is 1. The second-order valence-electron chi connectivity index (χ2n) is 5.82. The quantitative estimate of drug-likeness (QED) is 0.617. The van der Waals surface area contributed by atoms with Crippen molar-refractivity contribution in [1.29, 1.82) is 0 Å². The molecule has 0 fully saturated rings. The minimum atomic E-state index is -0.471. The van der Waals surface area contributed by atoms with Gasteiger partial charge in [0.15, 0.2) is 4.80 Å². The Morgan fingerprint density at radius 2 is 1.64 bits per heavy atom. The summed E-state index contributed by atoms with van der Waals surface area (Å²) in [7, 11) is 2.64.